The van der Waals surface area contributed by atoms with Crippen molar-refractivity contribution in [2.24, 2.45) is 4.52 Å². The monoisotopic (exact) mass is 365 g/mol. The first-order chi connectivity index (χ1) is 11.0. The summed E-state index contributed by atoms with van der Waals surface area (Å²) >= 11 is 0. The van der Waals surface area contributed by atoms with Gasteiger partial charge in [0, 0.05) is 4.91 Å². The molecule has 24 heavy (non-hydrogen) atoms. The Morgan fingerprint density at radius 2 is 1.92 bits per heavy atom. The minimum absolute atomic E-state index is 0.106. The van der Waals surface area contributed by atoms with Crippen LogP contribution in [0.15, 0.2) is 4.52 Å². The van der Waals surface area contributed by atoms with E-state index in [9.17, 15) is 8.42 Å². The summed E-state index contributed by atoms with van der Waals surface area (Å²) in [6, 6.07) is 0. The van der Waals surface area contributed by atoms with E-state index in [0.717, 1.165) is 0 Å². The molecule has 0 N–H and O–H groups in total. The lowest BCUT2D eigenvalue weighted by atomic mass is 9.98. The lowest BCUT2D eigenvalue weighted by Crippen LogP contribution is -2.60. The summed E-state index contributed by atoms with van der Waals surface area (Å²) in [6.07, 6.45) is -1.69. The minimum Gasteiger partial charge on any atom is -0.343 e. The van der Waals surface area contributed by atoms with Crippen molar-refractivity contribution < 1.29 is 36.3 Å². The molecule has 0 amide bonds. The van der Waals surface area contributed by atoms with Crippen LogP contribution < -0.4 is 0 Å². The molecule has 3 fully saturated rings. The van der Waals surface area contributed by atoms with Crippen LogP contribution in [-0.4, -0.2) is 57.3 Å². The van der Waals surface area contributed by atoms with Gasteiger partial charge in [0.15, 0.2) is 11.6 Å². The maximum Gasteiger partial charge on any atom is 0.358 e. The normalized spacial score (nSPS) is 39.8. The van der Waals surface area contributed by atoms with Gasteiger partial charge in [-0.15, -0.1) is 0 Å². The average Bonchev–Trinajstić information content (AvgIpc) is 2.88. The molecule has 0 aromatic rings. The van der Waals surface area contributed by atoms with Gasteiger partial charge in [-0.2, -0.15) is 8.42 Å². The maximum absolute atomic E-state index is 11.5. The zero-order valence-electron chi connectivity index (χ0n) is 13.7. The molecule has 3 heterocycles. The first-order valence-corrected chi connectivity index (χ1v) is 8.67. The molecule has 136 valence electrons. The summed E-state index contributed by atoms with van der Waals surface area (Å²) in [7, 11) is -4.44. The van der Waals surface area contributed by atoms with Crippen molar-refractivity contribution in [1.29, 1.82) is 0 Å². The van der Waals surface area contributed by atoms with Gasteiger partial charge in [0.2, 0.25) is 5.79 Å². The molecule has 3 unspecified atom stereocenters. The van der Waals surface area contributed by atoms with Gasteiger partial charge in [-0.1, -0.05) is 0 Å². The first kappa shape index (κ1) is 17.8. The molecule has 0 aliphatic carbocycles. The molecule has 3 saturated heterocycles. The Labute approximate surface area is 139 Å². The van der Waals surface area contributed by atoms with Gasteiger partial charge in [0.25, 0.3) is 0 Å². The molecule has 3 aliphatic rings. The molecule has 0 radical (unpaired) electrons. The second kappa shape index (κ2) is 5.51. The van der Waals surface area contributed by atoms with E-state index in [1.165, 1.54) is 0 Å². The van der Waals surface area contributed by atoms with Gasteiger partial charge < -0.3 is 23.7 Å². The fraction of sp³-hybridized carbons (Fsp3) is 1.00. The van der Waals surface area contributed by atoms with Gasteiger partial charge >= 0.3 is 10.3 Å². The Kier molecular flexibility index (Phi) is 4.09. The average molecular weight is 365 g/mol. The molecular weight excluding hydrogens is 346 g/mol. The lowest BCUT2D eigenvalue weighted by molar-refractivity contribution is -0.290. The van der Waals surface area contributed by atoms with Crippen LogP contribution in [0, 0.1) is 0 Å². The van der Waals surface area contributed by atoms with E-state index in [2.05, 4.69) is 9.43 Å². The van der Waals surface area contributed by atoms with Crippen LogP contribution in [-0.2, 0) is 38.2 Å². The Morgan fingerprint density at radius 1 is 1.21 bits per heavy atom. The van der Waals surface area contributed by atoms with E-state index < -0.39 is 46.5 Å². The van der Waals surface area contributed by atoms with Crippen molar-refractivity contribution in [3.8, 4) is 0 Å². The van der Waals surface area contributed by atoms with Crippen LogP contribution in [0.4, 0.5) is 0 Å². The van der Waals surface area contributed by atoms with Crippen molar-refractivity contribution in [1.82, 2.24) is 0 Å². The SMILES string of the molecule is CC1(C)OC2CO[C@@]3(COS(=O)(=O)N=[N+]=[N-])OC(C)(C)OC3C2O1. The summed E-state index contributed by atoms with van der Waals surface area (Å²) in [4.78, 5) is 2.21. The highest BCUT2D eigenvalue weighted by Gasteiger charge is 2.65. The zero-order valence-corrected chi connectivity index (χ0v) is 14.5. The van der Waals surface area contributed by atoms with Crippen LogP contribution >= 0.6 is 0 Å². The predicted octanol–water partition coefficient (Wildman–Crippen LogP) is 0.956. The third-order valence-corrected chi connectivity index (χ3v) is 4.51. The Morgan fingerprint density at radius 3 is 2.58 bits per heavy atom. The largest absolute Gasteiger partial charge is 0.358 e. The lowest BCUT2D eigenvalue weighted by Gasteiger charge is -2.40. The van der Waals surface area contributed by atoms with Crippen LogP contribution in [0.25, 0.3) is 10.4 Å². The highest BCUT2D eigenvalue weighted by atomic mass is 32.2. The smallest absolute Gasteiger partial charge is 0.343 e. The summed E-state index contributed by atoms with van der Waals surface area (Å²) in [5.74, 6) is -3.41. The fourth-order valence-corrected chi connectivity index (χ4v) is 3.62. The number of rotatable bonds is 4. The maximum atomic E-state index is 11.5. The summed E-state index contributed by atoms with van der Waals surface area (Å²) in [5.41, 5.74) is 8.26. The van der Waals surface area contributed by atoms with E-state index in [0.29, 0.717) is 0 Å². The predicted molar refractivity (Wildman–Crippen MR) is 76.6 cm³/mol. The third kappa shape index (κ3) is 3.24. The molecule has 4 atom stereocenters. The summed E-state index contributed by atoms with van der Waals surface area (Å²) < 4.78 is 59.3. The molecular formula is C12H19N3O8S. The van der Waals surface area contributed by atoms with Crippen LogP contribution in [0.2, 0.25) is 0 Å². The molecule has 11 nitrogen and oxygen atoms in total. The Hall–Kier alpha value is -0.980. The van der Waals surface area contributed by atoms with E-state index >= 15 is 0 Å². The Bertz CT molecular complexity index is 674. The van der Waals surface area contributed by atoms with Gasteiger partial charge in [-0.05, 0) is 33.2 Å². The highest BCUT2D eigenvalue weighted by molar-refractivity contribution is 7.85. The van der Waals surface area contributed by atoms with Crippen LogP contribution in [0.3, 0.4) is 0 Å². The van der Waals surface area contributed by atoms with Gasteiger partial charge in [-0.3, -0.25) is 4.18 Å². The van der Waals surface area contributed by atoms with Gasteiger partial charge in [0.1, 0.15) is 24.9 Å². The Balaban J connectivity index is 1.86. The number of ether oxygens (including phenoxy) is 5. The molecule has 0 saturated carbocycles. The quantitative estimate of drug-likeness (QED) is 0.408. The number of hydrogen-bond donors (Lipinski definition) is 0. The third-order valence-electron chi connectivity index (χ3n) is 3.82. The van der Waals surface area contributed by atoms with Crippen LogP contribution in [0.1, 0.15) is 27.7 Å². The topological polar surface area (TPSA) is 138 Å². The molecule has 0 aromatic carbocycles. The minimum atomic E-state index is -4.44. The van der Waals surface area contributed by atoms with Crippen molar-refractivity contribution >= 4 is 10.3 Å². The zero-order chi connectivity index (χ0) is 17.8. The molecule has 3 aliphatic heterocycles. The number of nitrogens with zero attached hydrogens (tertiary/aromatic N) is 3. The highest BCUT2D eigenvalue weighted by Crippen LogP contribution is 2.47. The second-order valence-corrected chi connectivity index (χ2v) is 7.92. The number of hydrogen-bond acceptors (Lipinski definition) is 8. The first-order valence-electron chi connectivity index (χ1n) is 7.31. The molecule has 3 rings (SSSR count). The number of azide groups is 1. The molecule has 0 aromatic heterocycles. The second-order valence-electron chi connectivity index (χ2n) is 6.66. The number of fused-ring (bicyclic) bond motifs is 3. The van der Waals surface area contributed by atoms with Gasteiger partial charge in [-0.25, -0.2) is 0 Å². The van der Waals surface area contributed by atoms with Crippen molar-refractivity contribution in [2.45, 2.75) is 63.4 Å². The fourth-order valence-electron chi connectivity index (χ4n) is 3.17. The van der Waals surface area contributed by atoms with E-state index in [1.54, 1.807) is 27.7 Å². The van der Waals surface area contributed by atoms with Crippen molar-refractivity contribution in [2.75, 3.05) is 13.2 Å². The van der Waals surface area contributed by atoms with Crippen LogP contribution in [0.5, 0.6) is 0 Å². The van der Waals surface area contributed by atoms with E-state index in [-0.39, 0.29) is 12.7 Å². The molecule has 12 heteroatoms. The van der Waals surface area contributed by atoms with E-state index in [4.69, 9.17) is 33.4 Å². The molecule has 0 spiro atoms. The van der Waals surface area contributed by atoms with Crippen molar-refractivity contribution in [3.63, 3.8) is 0 Å². The van der Waals surface area contributed by atoms with E-state index in [1.807, 2.05) is 0 Å². The summed E-state index contributed by atoms with van der Waals surface area (Å²) in [5, 5.41) is 0. The van der Waals surface area contributed by atoms with Crippen molar-refractivity contribution in [3.05, 3.63) is 10.4 Å². The molecule has 0 bridgehead atoms. The summed E-state index contributed by atoms with van der Waals surface area (Å²) in [6.45, 7) is 6.40. The van der Waals surface area contributed by atoms with Gasteiger partial charge in [0.05, 0.1) is 11.1 Å². The standard InChI is InChI=1S/C12H19N3O8S/c1-10(2)20-7-5-18-12(6-19-24(16,17)15-14-13)9(8(7)21-10)22-11(3,4)23-12/h7-9H,5-6H2,1-4H3/t7?,8?,9?,12-/m0/s1.